The number of amides is 2. The number of Topliss-reactive ketones (excluding diaryl/α,β-unsaturated/α-hetero) is 1. The zero-order chi connectivity index (χ0) is 17.8. The Morgan fingerprint density at radius 1 is 0.800 bits per heavy atom. The van der Waals surface area contributed by atoms with Gasteiger partial charge in [-0.05, 0) is 35.0 Å². The van der Waals surface area contributed by atoms with Crippen molar-refractivity contribution in [3.05, 3.63) is 77.9 Å². The van der Waals surface area contributed by atoms with Crippen molar-refractivity contribution in [2.45, 2.75) is 0 Å². The van der Waals surface area contributed by atoms with Gasteiger partial charge in [0.2, 0.25) is 0 Å². The zero-order valence-corrected chi connectivity index (χ0v) is 13.6. The number of ketones is 1. The van der Waals surface area contributed by atoms with Crippen LogP contribution in [0.1, 0.15) is 20.7 Å². The van der Waals surface area contributed by atoms with Gasteiger partial charge in [0.15, 0.2) is 0 Å². The minimum absolute atomic E-state index is 0.149. The van der Waals surface area contributed by atoms with E-state index >= 15 is 0 Å². The molecule has 0 aromatic heterocycles. The van der Waals surface area contributed by atoms with Gasteiger partial charge in [0.1, 0.15) is 0 Å². The Morgan fingerprint density at radius 3 is 2.24 bits per heavy atom. The molecule has 0 heterocycles. The minimum Gasteiger partial charge on any atom is -0.352 e. The summed E-state index contributed by atoms with van der Waals surface area (Å²) >= 11 is 0. The van der Waals surface area contributed by atoms with Gasteiger partial charge in [-0.3, -0.25) is 14.4 Å². The largest absolute Gasteiger partial charge is 0.352 e. The van der Waals surface area contributed by atoms with E-state index < -0.39 is 11.7 Å². The van der Waals surface area contributed by atoms with Gasteiger partial charge in [0.05, 0.1) is 11.3 Å². The normalized spacial score (nSPS) is 10.3. The predicted molar refractivity (Wildman–Crippen MR) is 96.7 cm³/mol. The number of fused-ring (bicyclic) bond motifs is 1. The van der Waals surface area contributed by atoms with Gasteiger partial charge < -0.3 is 10.6 Å². The van der Waals surface area contributed by atoms with E-state index in [-0.39, 0.29) is 11.5 Å². The molecule has 3 aromatic carbocycles. The molecule has 0 aliphatic rings. The van der Waals surface area contributed by atoms with Gasteiger partial charge in [0.25, 0.3) is 17.6 Å². The standard InChI is InChI=1S/C20H16N2O3/c1-21-20(25)18(23)16-8-4-5-9-17(16)22-19(24)15-11-10-13-6-2-3-7-14(13)12-15/h2-12H,1H3,(H,21,25)(H,22,24). The summed E-state index contributed by atoms with van der Waals surface area (Å²) in [6.45, 7) is 0. The van der Waals surface area contributed by atoms with Gasteiger partial charge in [0, 0.05) is 12.6 Å². The fraction of sp³-hybridized carbons (Fsp3) is 0.0500. The van der Waals surface area contributed by atoms with Crippen molar-refractivity contribution >= 4 is 34.1 Å². The summed E-state index contributed by atoms with van der Waals surface area (Å²) in [7, 11) is 1.39. The van der Waals surface area contributed by atoms with Crippen LogP contribution >= 0.6 is 0 Å². The first-order valence-electron chi connectivity index (χ1n) is 7.76. The molecule has 0 atom stereocenters. The second-order valence-corrected chi connectivity index (χ2v) is 5.47. The Bertz CT molecular complexity index is 979. The number of carbonyl (C=O) groups excluding carboxylic acids is 3. The molecule has 124 valence electrons. The maximum atomic E-state index is 12.5. The molecule has 0 fully saturated rings. The molecule has 0 radical (unpaired) electrons. The molecule has 0 aliphatic heterocycles. The average Bonchev–Trinajstić information content (AvgIpc) is 2.66. The quantitative estimate of drug-likeness (QED) is 0.570. The highest BCUT2D eigenvalue weighted by atomic mass is 16.2. The molecule has 0 unspecified atom stereocenters. The van der Waals surface area contributed by atoms with E-state index in [1.807, 2.05) is 30.3 Å². The molecule has 5 nitrogen and oxygen atoms in total. The van der Waals surface area contributed by atoms with Crippen LogP contribution in [0.2, 0.25) is 0 Å². The lowest BCUT2D eigenvalue weighted by Gasteiger charge is -2.10. The third kappa shape index (κ3) is 3.40. The summed E-state index contributed by atoms with van der Waals surface area (Å²) in [4.78, 5) is 36.3. The van der Waals surface area contributed by atoms with Crippen LogP contribution in [0.15, 0.2) is 66.7 Å². The number of hydrogen-bond acceptors (Lipinski definition) is 3. The number of likely N-dealkylation sites (N-methyl/N-ethyl adjacent to an activating group) is 1. The number of carbonyl (C=O) groups is 3. The summed E-state index contributed by atoms with van der Waals surface area (Å²) in [5.41, 5.74) is 0.922. The number of nitrogens with one attached hydrogen (secondary N) is 2. The molecule has 3 aromatic rings. The molecule has 5 heteroatoms. The molecular weight excluding hydrogens is 316 g/mol. The fourth-order valence-electron chi connectivity index (χ4n) is 2.55. The molecule has 0 spiro atoms. The fourth-order valence-corrected chi connectivity index (χ4v) is 2.55. The third-order valence-corrected chi connectivity index (χ3v) is 3.86. The average molecular weight is 332 g/mol. The number of hydrogen-bond donors (Lipinski definition) is 2. The molecule has 25 heavy (non-hydrogen) atoms. The van der Waals surface area contributed by atoms with Crippen LogP contribution in [0.3, 0.4) is 0 Å². The summed E-state index contributed by atoms with van der Waals surface area (Å²) < 4.78 is 0. The monoisotopic (exact) mass is 332 g/mol. The number of benzene rings is 3. The highest BCUT2D eigenvalue weighted by Gasteiger charge is 2.19. The Balaban J connectivity index is 1.90. The van der Waals surface area contributed by atoms with Crippen LogP contribution in [0, 0.1) is 0 Å². The second kappa shape index (κ2) is 6.97. The summed E-state index contributed by atoms with van der Waals surface area (Å²) in [5, 5.41) is 6.99. The van der Waals surface area contributed by atoms with E-state index in [2.05, 4.69) is 10.6 Å². The van der Waals surface area contributed by atoms with Crippen molar-refractivity contribution in [1.82, 2.24) is 5.32 Å². The smallest absolute Gasteiger partial charge is 0.292 e. The molecule has 2 amide bonds. The van der Waals surface area contributed by atoms with Gasteiger partial charge in [-0.2, -0.15) is 0 Å². The lowest BCUT2D eigenvalue weighted by Crippen LogP contribution is -2.28. The zero-order valence-electron chi connectivity index (χ0n) is 13.6. The van der Waals surface area contributed by atoms with Gasteiger partial charge in [-0.15, -0.1) is 0 Å². The summed E-state index contributed by atoms with van der Waals surface area (Å²) in [6.07, 6.45) is 0. The van der Waals surface area contributed by atoms with E-state index in [1.54, 1.807) is 30.3 Å². The van der Waals surface area contributed by atoms with Crippen molar-refractivity contribution < 1.29 is 14.4 Å². The third-order valence-electron chi connectivity index (χ3n) is 3.86. The maximum absolute atomic E-state index is 12.5. The maximum Gasteiger partial charge on any atom is 0.292 e. The lowest BCUT2D eigenvalue weighted by molar-refractivity contribution is -0.116. The van der Waals surface area contributed by atoms with E-state index in [1.165, 1.54) is 13.1 Å². The Kier molecular flexibility index (Phi) is 4.57. The minimum atomic E-state index is -0.729. The Hall–Kier alpha value is -3.47. The van der Waals surface area contributed by atoms with Gasteiger partial charge in [-0.25, -0.2) is 0 Å². The van der Waals surface area contributed by atoms with Crippen molar-refractivity contribution in [2.24, 2.45) is 0 Å². The Morgan fingerprint density at radius 2 is 1.48 bits per heavy atom. The van der Waals surface area contributed by atoms with Crippen LogP contribution in [-0.4, -0.2) is 24.6 Å². The molecule has 0 bridgehead atoms. The molecule has 2 N–H and O–H groups in total. The summed E-state index contributed by atoms with van der Waals surface area (Å²) in [6, 6.07) is 19.5. The van der Waals surface area contributed by atoms with Crippen molar-refractivity contribution in [2.75, 3.05) is 12.4 Å². The Labute approximate surface area is 144 Å². The van der Waals surface area contributed by atoms with E-state index in [0.29, 0.717) is 11.3 Å². The van der Waals surface area contributed by atoms with Crippen LogP contribution in [-0.2, 0) is 4.79 Å². The lowest BCUT2D eigenvalue weighted by atomic mass is 10.1. The van der Waals surface area contributed by atoms with Gasteiger partial charge in [-0.1, -0.05) is 42.5 Å². The first-order valence-corrected chi connectivity index (χ1v) is 7.76. The van der Waals surface area contributed by atoms with Crippen molar-refractivity contribution in [3.8, 4) is 0 Å². The number of para-hydroxylation sites is 1. The molecule has 0 saturated carbocycles. The summed E-state index contributed by atoms with van der Waals surface area (Å²) in [5.74, 6) is -1.77. The van der Waals surface area contributed by atoms with Gasteiger partial charge >= 0.3 is 0 Å². The number of rotatable bonds is 4. The predicted octanol–water partition coefficient (Wildman–Crippen LogP) is 3.02. The second-order valence-electron chi connectivity index (χ2n) is 5.47. The van der Waals surface area contributed by atoms with E-state index in [0.717, 1.165) is 10.8 Å². The molecule has 0 aliphatic carbocycles. The topological polar surface area (TPSA) is 75.3 Å². The van der Waals surface area contributed by atoms with Crippen molar-refractivity contribution in [3.63, 3.8) is 0 Å². The highest BCUT2D eigenvalue weighted by Crippen LogP contribution is 2.19. The first kappa shape index (κ1) is 16.4. The highest BCUT2D eigenvalue weighted by molar-refractivity contribution is 6.44. The molecule has 0 saturated heterocycles. The molecule has 3 rings (SSSR count). The van der Waals surface area contributed by atoms with Crippen LogP contribution in [0.5, 0.6) is 0 Å². The SMILES string of the molecule is CNC(=O)C(=O)c1ccccc1NC(=O)c1ccc2ccccc2c1. The van der Waals surface area contributed by atoms with E-state index in [4.69, 9.17) is 0 Å². The van der Waals surface area contributed by atoms with Crippen LogP contribution < -0.4 is 10.6 Å². The van der Waals surface area contributed by atoms with Crippen LogP contribution in [0.25, 0.3) is 10.8 Å². The van der Waals surface area contributed by atoms with E-state index in [9.17, 15) is 14.4 Å². The van der Waals surface area contributed by atoms with Crippen LogP contribution in [0.4, 0.5) is 5.69 Å². The van der Waals surface area contributed by atoms with Crippen molar-refractivity contribution in [1.29, 1.82) is 0 Å². The molecular formula is C20H16N2O3. The number of anilines is 1. The first-order chi connectivity index (χ1) is 12.1.